The van der Waals surface area contributed by atoms with Gasteiger partial charge < -0.3 is 5.32 Å². The molecule has 0 spiro atoms. The number of pyridine rings is 1. The summed E-state index contributed by atoms with van der Waals surface area (Å²) in [6, 6.07) is 20.7. The summed E-state index contributed by atoms with van der Waals surface area (Å²) < 4.78 is 66.9. The first-order valence-corrected chi connectivity index (χ1v) is 12.1. The molecule has 3 aromatic carbocycles. The summed E-state index contributed by atoms with van der Waals surface area (Å²) in [6.45, 7) is 0.740. The molecule has 0 radical (unpaired) electrons. The van der Waals surface area contributed by atoms with E-state index in [4.69, 9.17) is 0 Å². The van der Waals surface area contributed by atoms with Gasteiger partial charge >= 0.3 is 6.18 Å². The molecule has 0 fully saturated rings. The smallest absolute Gasteiger partial charge is 0.340 e. The Kier molecular flexibility index (Phi) is 5.53. The summed E-state index contributed by atoms with van der Waals surface area (Å²) in [4.78, 5) is 4.61. The normalized spacial score (nSPS) is 14.7. The molecule has 0 atom stereocenters. The second kappa shape index (κ2) is 8.41. The van der Waals surface area contributed by atoms with Gasteiger partial charge in [-0.3, -0.25) is 0 Å². The Morgan fingerprint density at radius 3 is 2.47 bits per heavy atom. The van der Waals surface area contributed by atoms with Crippen molar-refractivity contribution in [2.75, 3.05) is 11.9 Å². The number of aromatic nitrogens is 1. The number of nitrogens with one attached hydrogen (secondary N) is 1. The number of halogens is 3. The first-order chi connectivity index (χ1) is 16.2. The number of rotatable bonds is 4. The molecule has 0 aliphatic carbocycles. The molecule has 1 N–H and O–H groups in total. The minimum Gasteiger partial charge on any atom is -0.340 e. The van der Waals surface area contributed by atoms with Crippen LogP contribution in [0.3, 0.4) is 0 Å². The van der Waals surface area contributed by atoms with Gasteiger partial charge in [-0.1, -0.05) is 30.3 Å². The van der Waals surface area contributed by atoms with E-state index < -0.39 is 21.8 Å². The zero-order chi connectivity index (χ0) is 23.9. The van der Waals surface area contributed by atoms with Gasteiger partial charge in [-0.25, -0.2) is 13.4 Å². The Morgan fingerprint density at radius 1 is 0.882 bits per heavy atom. The maximum Gasteiger partial charge on any atom is 0.416 e. The summed E-state index contributed by atoms with van der Waals surface area (Å²) in [5.74, 6) is 0.357. The van der Waals surface area contributed by atoms with Crippen LogP contribution >= 0.6 is 0 Å². The van der Waals surface area contributed by atoms with Crippen molar-refractivity contribution < 1.29 is 21.6 Å². The fraction of sp³-hybridized carbons (Fsp3) is 0.160. The monoisotopic (exact) mass is 483 g/mol. The van der Waals surface area contributed by atoms with E-state index in [1.807, 2.05) is 24.3 Å². The summed E-state index contributed by atoms with van der Waals surface area (Å²) >= 11 is 0. The highest BCUT2D eigenvalue weighted by Crippen LogP contribution is 2.32. The number of hydrogen-bond donors (Lipinski definition) is 1. The summed E-state index contributed by atoms with van der Waals surface area (Å²) in [5, 5.41) is 3.50. The van der Waals surface area contributed by atoms with Gasteiger partial charge in [0, 0.05) is 24.2 Å². The number of sulfonamides is 1. The van der Waals surface area contributed by atoms with E-state index in [2.05, 4.69) is 10.3 Å². The molecule has 1 aliphatic rings. The predicted octanol–water partition coefficient (Wildman–Crippen LogP) is 5.74. The quantitative estimate of drug-likeness (QED) is 0.402. The number of hydrogen-bond acceptors (Lipinski definition) is 4. The third-order valence-electron chi connectivity index (χ3n) is 5.86. The van der Waals surface area contributed by atoms with Crippen molar-refractivity contribution in [3.8, 4) is 0 Å². The van der Waals surface area contributed by atoms with Gasteiger partial charge in [0.15, 0.2) is 0 Å². The molecule has 5 nitrogen and oxygen atoms in total. The zero-order valence-corrected chi connectivity index (χ0v) is 18.7. The van der Waals surface area contributed by atoms with Gasteiger partial charge in [-0.15, -0.1) is 0 Å². The summed E-state index contributed by atoms with van der Waals surface area (Å²) in [5.41, 5.74) is 2.20. The molecule has 4 aromatic rings. The van der Waals surface area contributed by atoms with Crippen molar-refractivity contribution in [1.29, 1.82) is 0 Å². The number of alkyl halides is 3. The number of benzene rings is 3. The van der Waals surface area contributed by atoms with Crippen LogP contribution in [-0.4, -0.2) is 24.3 Å². The van der Waals surface area contributed by atoms with Crippen LogP contribution in [0.2, 0.25) is 0 Å². The first kappa shape index (κ1) is 22.4. The topological polar surface area (TPSA) is 62.3 Å². The standard InChI is InChI=1S/C25H20F3N3O2S/c26-25(27,28)20-6-3-7-21(15-20)29-24-11-8-18-14-22(9-10-23(18)30-24)34(32,33)31-13-12-17-4-1-2-5-19(17)16-31/h1-11,14-15H,12-13,16H2,(H,29,30). The molecular weight excluding hydrogens is 463 g/mol. The molecule has 34 heavy (non-hydrogen) atoms. The first-order valence-electron chi connectivity index (χ1n) is 10.6. The second-order valence-corrected chi connectivity index (χ2v) is 10.0. The third kappa shape index (κ3) is 4.36. The van der Waals surface area contributed by atoms with E-state index in [-0.39, 0.29) is 10.6 Å². The van der Waals surface area contributed by atoms with Crippen LogP contribution < -0.4 is 5.32 Å². The predicted molar refractivity (Wildman–Crippen MR) is 124 cm³/mol. The van der Waals surface area contributed by atoms with Crippen LogP contribution in [0.4, 0.5) is 24.7 Å². The van der Waals surface area contributed by atoms with Crippen molar-refractivity contribution in [3.05, 3.63) is 95.6 Å². The summed E-state index contributed by atoms with van der Waals surface area (Å²) in [6.07, 6.45) is -3.78. The maximum absolute atomic E-state index is 13.3. The van der Waals surface area contributed by atoms with E-state index in [0.29, 0.717) is 36.2 Å². The molecule has 5 rings (SSSR count). The van der Waals surface area contributed by atoms with Crippen LogP contribution in [0.25, 0.3) is 10.9 Å². The van der Waals surface area contributed by atoms with Crippen LogP contribution in [0, 0.1) is 0 Å². The minimum absolute atomic E-state index is 0.180. The van der Waals surface area contributed by atoms with Crippen molar-refractivity contribution in [3.63, 3.8) is 0 Å². The number of fused-ring (bicyclic) bond motifs is 2. The van der Waals surface area contributed by atoms with Gasteiger partial charge in [-0.05, 0) is 66.1 Å². The fourth-order valence-electron chi connectivity index (χ4n) is 4.08. The van der Waals surface area contributed by atoms with E-state index >= 15 is 0 Å². The molecule has 1 aliphatic heterocycles. The van der Waals surface area contributed by atoms with Gasteiger partial charge in [0.25, 0.3) is 0 Å². The maximum atomic E-state index is 13.3. The Balaban J connectivity index is 1.39. The lowest BCUT2D eigenvalue weighted by Gasteiger charge is -2.28. The van der Waals surface area contributed by atoms with E-state index in [9.17, 15) is 21.6 Å². The molecule has 0 bridgehead atoms. The van der Waals surface area contributed by atoms with E-state index in [1.54, 1.807) is 24.3 Å². The van der Waals surface area contributed by atoms with Crippen molar-refractivity contribution in [1.82, 2.24) is 9.29 Å². The van der Waals surface area contributed by atoms with E-state index in [1.165, 1.54) is 22.5 Å². The highest BCUT2D eigenvalue weighted by molar-refractivity contribution is 7.89. The Morgan fingerprint density at radius 2 is 1.68 bits per heavy atom. The Labute approximate surface area is 194 Å². The SMILES string of the molecule is O=S(=O)(c1ccc2nc(Nc3cccc(C(F)(F)F)c3)ccc2c1)N1CCc2ccccc2C1. The van der Waals surface area contributed by atoms with Gasteiger partial charge in [0.05, 0.1) is 16.0 Å². The molecule has 0 unspecified atom stereocenters. The second-order valence-electron chi connectivity index (χ2n) is 8.11. The Hall–Kier alpha value is -3.43. The largest absolute Gasteiger partial charge is 0.416 e. The molecule has 0 saturated heterocycles. The van der Waals surface area contributed by atoms with Gasteiger partial charge in [-0.2, -0.15) is 17.5 Å². The molecule has 2 heterocycles. The molecule has 9 heteroatoms. The lowest BCUT2D eigenvalue weighted by Crippen LogP contribution is -2.35. The zero-order valence-electron chi connectivity index (χ0n) is 17.9. The third-order valence-corrected chi connectivity index (χ3v) is 7.70. The average molecular weight is 484 g/mol. The highest BCUT2D eigenvalue weighted by atomic mass is 32.2. The van der Waals surface area contributed by atoms with Crippen molar-refractivity contribution >= 4 is 32.4 Å². The van der Waals surface area contributed by atoms with Gasteiger partial charge in [0.1, 0.15) is 5.82 Å². The van der Waals surface area contributed by atoms with Crippen molar-refractivity contribution in [2.45, 2.75) is 24.0 Å². The number of nitrogens with zero attached hydrogens (tertiary/aromatic N) is 2. The summed E-state index contributed by atoms with van der Waals surface area (Å²) in [7, 11) is -3.69. The van der Waals surface area contributed by atoms with Gasteiger partial charge in [0.2, 0.25) is 10.0 Å². The lowest BCUT2D eigenvalue weighted by molar-refractivity contribution is -0.137. The van der Waals surface area contributed by atoms with Crippen LogP contribution in [0.15, 0.2) is 83.8 Å². The minimum atomic E-state index is -4.44. The van der Waals surface area contributed by atoms with Crippen LogP contribution in [0.5, 0.6) is 0 Å². The Bertz CT molecular complexity index is 1490. The molecule has 174 valence electrons. The van der Waals surface area contributed by atoms with E-state index in [0.717, 1.165) is 23.3 Å². The molecule has 1 aromatic heterocycles. The molecule has 0 amide bonds. The van der Waals surface area contributed by atoms with Crippen LogP contribution in [-0.2, 0) is 29.2 Å². The average Bonchev–Trinajstić information content (AvgIpc) is 2.83. The van der Waals surface area contributed by atoms with Crippen molar-refractivity contribution in [2.24, 2.45) is 0 Å². The highest BCUT2D eigenvalue weighted by Gasteiger charge is 2.30. The molecule has 0 saturated carbocycles. The fourth-order valence-corrected chi connectivity index (χ4v) is 5.53. The molecular formula is C25H20F3N3O2S. The van der Waals surface area contributed by atoms with Crippen LogP contribution in [0.1, 0.15) is 16.7 Å². The lowest BCUT2D eigenvalue weighted by atomic mass is 10.0. The number of anilines is 2.